The number of nitrogens with one attached hydrogen (secondary N) is 1. The summed E-state index contributed by atoms with van der Waals surface area (Å²) in [5.74, 6) is 0. The van der Waals surface area contributed by atoms with Crippen molar-refractivity contribution in [3.8, 4) is 6.07 Å². The average Bonchev–Trinajstić information content (AvgIpc) is 2.96. The second-order valence-electron chi connectivity index (χ2n) is 5.71. The summed E-state index contributed by atoms with van der Waals surface area (Å²) in [4.78, 5) is 18.0. The molecule has 3 aromatic rings. The highest BCUT2D eigenvalue weighted by atomic mass is 16.5. The van der Waals surface area contributed by atoms with Gasteiger partial charge in [0.2, 0.25) is 0 Å². The van der Waals surface area contributed by atoms with Crippen molar-refractivity contribution in [1.82, 2.24) is 14.3 Å². The third kappa shape index (κ3) is 2.31. The van der Waals surface area contributed by atoms with Gasteiger partial charge in [0.25, 0.3) is 5.56 Å². The summed E-state index contributed by atoms with van der Waals surface area (Å²) in [6.45, 7) is 3.60. The predicted molar refractivity (Wildman–Crippen MR) is 86.3 cm³/mol. The van der Waals surface area contributed by atoms with Crippen LogP contribution < -0.4 is 5.56 Å². The van der Waals surface area contributed by atoms with Gasteiger partial charge in [-0.25, -0.2) is 0 Å². The van der Waals surface area contributed by atoms with Crippen LogP contribution in [-0.4, -0.2) is 40.6 Å². The number of morpholine rings is 1. The van der Waals surface area contributed by atoms with Crippen molar-refractivity contribution in [1.29, 1.82) is 5.26 Å². The number of benzene rings is 1. The van der Waals surface area contributed by atoms with Crippen molar-refractivity contribution in [3.63, 3.8) is 0 Å². The minimum Gasteiger partial charge on any atom is -0.379 e. The first-order valence-electron chi connectivity index (χ1n) is 7.63. The number of nitrogens with zero attached hydrogens (tertiary/aromatic N) is 3. The molecule has 4 rings (SSSR count). The number of hydrogen-bond donors (Lipinski definition) is 1. The van der Waals surface area contributed by atoms with Gasteiger partial charge in [-0.05, 0) is 17.7 Å². The number of ether oxygens (including phenoxy) is 1. The summed E-state index contributed by atoms with van der Waals surface area (Å²) in [5.41, 5.74) is 3.41. The molecular formula is C17H16N4O2. The van der Waals surface area contributed by atoms with Gasteiger partial charge < -0.3 is 9.72 Å². The highest BCUT2D eigenvalue weighted by Crippen LogP contribution is 2.20. The zero-order valence-corrected chi connectivity index (χ0v) is 12.6. The number of fused-ring (bicyclic) bond motifs is 3. The maximum Gasteiger partial charge on any atom is 0.257 e. The lowest BCUT2D eigenvalue weighted by Gasteiger charge is -2.26. The molecule has 23 heavy (non-hydrogen) atoms. The highest BCUT2D eigenvalue weighted by molar-refractivity contribution is 5.82. The average molecular weight is 308 g/mol. The number of hydrogen-bond acceptors (Lipinski definition) is 4. The largest absolute Gasteiger partial charge is 0.379 e. The minimum atomic E-state index is -0.111. The quantitative estimate of drug-likeness (QED) is 0.778. The molecule has 6 nitrogen and oxygen atoms in total. The van der Waals surface area contributed by atoms with Gasteiger partial charge in [-0.2, -0.15) is 5.26 Å². The Morgan fingerprint density at radius 3 is 2.83 bits per heavy atom. The van der Waals surface area contributed by atoms with Crippen molar-refractivity contribution < 1.29 is 4.74 Å². The van der Waals surface area contributed by atoms with Gasteiger partial charge in [-0.1, -0.05) is 12.1 Å². The number of H-pyrrole nitrogens is 1. The lowest BCUT2D eigenvalue weighted by molar-refractivity contribution is 0.0341. The SMILES string of the molecule is N#Cc1c(CN2CCOCC2)cc(=O)n2c1[nH]c1ccccc12. The lowest BCUT2D eigenvalue weighted by Crippen LogP contribution is -2.36. The van der Waals surface area contributed by atoms with E-state index in [2.05, 4.69) is 16.0 Å². The van der Waals surface area contributed by atoms with Crippen molar-refractivity contribution in [3.05, 3.63) is 51.8 Å². The molecule has 1 aliphatic rings. The molecule has 1 aromatic carbocycles. The number of aromatic nitrogens is 2. The molecule has 116 valence electrons. The summed E-state index contributed by atoms with van der Waals surface area (Å²) in [7, 11) is 0. The topological polar surface area (TPSA) is 73.5 Å². The van der Waals surface area contributed by atoms with Crippen LogP contribution in [0.15, 0.2) is 35.1 Å². The van der Waals surface area contributed by atoms with E-state index < -0.39 is 0 Å². The summed E-state index contributed by atoms with van der Waals surface area (Å²) in [5, 5.41) is 9.63. The first kappa shape index (κ1) is 14.0. The van der Waals surface area contributed by atoms with Crippen LogP contribution in [0.3, 0.4) is 0 Å². The van der Waals surface area contributed by atoms with Crippen LogP contribution in [0.1, 0.15) is 11.1 Å². The Bertz CT molecular complexity index is 974. The van der Waals surface area contributed by atoms with Gasteiger partial charge >= 0.3 is 0 Å². The normalized spacial score (nSPS) is 16.0. The van der Waals surface area contributed by atoms with Crippen molar-refractivity contribution in [2.45, 2.75) is 6.54 Å². The van der Waals surface area contributed by atoms with E-state index in [1.165, 1.54) is 0 Å². The molecule has 2 aromatic heterocycles. The molecule has 1 N–H and O–H groups in total. The highest BCUT2D eigenvalue weighted by Gasteiger charge is 2.18. The zero-order valence-electron chi connectivity index (χ0n) is 12.6. The number of imidazole rings is 1. The monoisotopic (exact) mass is 308 g/mol. The van der Waals surface area contributed by atoms with Gasteiger partial charge in [-0.15, -0.1) is 0 Å². The molecule has 0 unspecified atom stereocenters. The lowest BCUT2D eigenvalue weighted by atomic mass is 10.1. The summed E-state index contributed by atoms with van der Waals surface area (Å²) < 4.78 is 6.93. The molecule has 0 aliphatic carbocycles. The van der Waals surface area contributed by atoms with Gasteiger partial charge in [0.1, 0.15) is 11.7 Å². The van der Waals surface area contributed by atoms with E-state index in [-0.39, 0.29) is 5.56 Å². The van der Waals surface area contributed by atoms with E-state index in [0.717, 1.165) is 29.7 Å². The Balaban J connectivity index is 1.90. The van der Waals surface area contributed by atoms with Crippen LogP contribution in [0.25, 0.3) is 16.7 Å². The van der Waals surface area contributed by atoms with E-state index in [1.54, 1.807) is 10.5 Å². The Hall–Kier alpha value is -2.62. The van der Waals surface area contributed by atoms with Crippen LogP contribution in [0.4, 0.5) is 0 Å². The molecule has 0 radical (unpaired) electrons. The third-order valence-electron chi connectivity index (χ3n) is 4.31. The van der Waals surface area contributed by atoms with Crippen LogP contribution in [0.2, 0.25) is 0 Å². The van der Waals surface area contributed by atoms with Gasteiger partial charge in [0, 0.05) is 25.7 Å². The summed E-state index contributed by atoms with van der Waals surface area (Å²) in [6.07, 6.45) is 0. The van der Waals surface area contributed by atoms with E-state index in [4.69, 9.17) is 4.74 Å². The minimum absolute atomic E-state index is 0.111. The van der Waals surface area contributed by atoms with Crippen molar-refractivity contribution >= 4 is 16.7 Å². The fraction of sp³-hybridized carbons (Fsp3) is 0.294. The van der Waals surface area contributed by atoms with Crippen molar-refractivity contribution in [2.75, 3.05) is 26.3 Å². The number of aromatic amines is 1. The molecule has 0 bridgehead atoms. The number of pyridine rings is 1. The number of nitriles is 1. The molecular weight excluding hydrogens is 292 g/mol. The second-order valence-corrected chi connectivity index (χ2v) is 5.71. The van der Waals surface area contributed by atoms with Crippen LogP contribution >= 0.6 is 0 Å². The molecule has 6 heteroatoms. The van der Waals surface area contributed by atoms with E-state index >= 15 is 0 Å². The first-order valence-corrected chi connectivity index (χ1v) is 7.63. The zero-order chi connectivity index (χ0) is 15.8. The maximum atomic E-state index is 12.6. The molecule has 0 amide bonds. The summed E-state index contributed by atoms with van der Waals surface area (Å²) in [6, 6.07) is 11.4. The number of rotatable bonds is 2. The molecule has 0 spiro atoms. The second kappa shape index (κ2) is 5.54. The van der Waals surface area contributed by atoms with Crippen LogP contribution in [0, 0.1) is 11.3 Å². The van der Waals surface area contributed by atoms with Gasteiger partial charge in [0.15, 0.2) is 0 Å². The molecule has 1 fully saturated rings. The Kier molecular flexibility index (Phi) is 3.37. The predicted octanol–water partition coefficient (Wildman–Crippen LogP) is 1.48. The third-order valence-corrected chi connectivity index (χ3v) is 4.31. The number of para-hydroxylation sites is 2. The van der Waals surface area contributed by atoms with Crippen molar-refractivity contribution in [2.24, 2.45) is 0 Å². The molecule has 3 heterocycles. The standard InChI is InChI=1S/C17H16N4O2/c18-10-13-12(11-20-5-7-23-8-6-20)9-16(22)21-15-4-2-1-3-14(15)19-17(13)21/h1-4,9,19H,5-8,11H2. The first-order chi connectivity index (χ1) is 11.3. The van der Waals surface area contributed by atoms with Gasteiger partial charge in [-0.3, -0.25) is 14.1 Å². The molecule has 1 saturated heterocycles. The fourth-order valence-electron chi connectivity index (χ4n) is 3.17. The molecule has 0 saturated carbocycles. The summed E-state index contributed by atoms with van der Waals surface area (Å²) >= 11 is 0. The molecule has 0 atom stereocenters. The van der Waals surface area contributed by atoms with E-state index in [0.29, 0.717) is 31.0 Å². The maximum absolute atomic E-state index is 12.6. The van der Waals surface area contributed by atoms with E-state index in [9.17, 15) is 10.1 Å². The molecule has 1 aliphatic heterocycles. The van der Waals surface area contributed by atoms with Crippen LogP contribution in [-0.2, 0) is 11.3 Å². The Morgan fingerprint density at radius 2 is 2.04 bits per heavy atom. The fourth-order valence-corrected chi connectivity index (χ4v) is 3.17. The van der Waals surface area contributed by atoms with Gasteiger partial charge in [0.05, 0.1) is 29.8 Å². The van der Waals surface area contributed by atoms with Crippen LogP contribution in [0.5, 0.6) is 0 Å². The smallest absolute Gasteiger partial charge is 0.257 e. The Labute approximate surface area is 132 Å². The van der Waals surface area contributed by atoms with E-state index in [1.807, 2.05) is 24.3 Å². The Morgan fingerprint density at radius 1 is 1.26 bits per heavy atom.